The highest BCUT2D eigenvalue weighted by atomic mass is 16.5. The molecule has 4 aromatic rings. The molecule has 5 rings (SSSR count). The molecule has 0 unspecified atom stereocenters. The minimum Gasteiger partial charge on any atom is -0.507 e. The van der Waals surface area contributed by atoms with Crippen molar-refractivity contribution in [1.29, 1.82) is 0 Å². The smallest absolute Gasteiger partial charge is 0.135 e. The Hall–Kier alpha value is -3.46. The second-order valence-corrected chi connectivity index (χ2v) is 6.53. The van der Waals surface area contributed by atoms with Crippen molar-refractivity contribution in [3.63, 3.8) is 0 Å². The van der Waals surface area contributed by atoms with Crippen molar-refractivity contribution in [1.82, 2.24) is 0 Å². The molecule has 3 heteroatoms. The fourth-order valence-corrected chi connectivity index (χ4v) is 3.91. The minimum atomic E-state index is -0.358. The van der Waals surface area contributed by atoms with E-state index in [1.165, 1.54) is 0 Å². The summed E-state index contributed by atoms with van der Waals surface area (Å²) in [6, 6.07) is 19.1. The number of hydrogen-bond donors (Lipinski definition) is 2. The molecule has 2 N–H and O–H groups in total. The topological polar surface area (TPSA) is 49.7 Å². The Balaban J connectivity index is 1.87. The number of fused-ring (bicyclic) bond motifs is 4. The van der Waals surface area contributed by atoms with Crippen molar-refractivity contribution < 1.29 is 14.9 Å². The summed E-state index contributed by atoms with van der Waals surface area (Å²) >= 11 is 0. The van der Waals surface area contributed by atoms with Crippen LogP contribution >= 0.6 is 0 Å². The summed E-state index contributed by atoms with van der Waals surface area (Å²) in [5, 5.41) is 25.2. The Labute approximate surface area is 150 Å². The minimum absolute atomic E-state index is 0.168. The van der Waals surface area contributed by atoms with Crippen LogP contribution in [0.1, 0.15) is 17.0 Å². The third-order valence-corrected chi connectivity index (χ3v) is 5.12. The first-order valence-electron chi connectivity index (χ1n) is 8.48. The Morgan fingerprint density at radius 1 is 0.769 bits per heavy atom. The zero-order valence-corrected chi connectivity index (χ0v) is 13.9. The second-order valence-electron chi connectivity index (χ2n) is 6.53. The van der Waals surface area contributed by atoms with E-state index >= 15 is 0 Å². The number of phenols is 2. The lowest BCUT2D eigenvalue weighted by atomic mass is 9.84. The molecule has 0 saturated carbocycles. The van der Waals surface area contributed by atoms with Gasteiger partial charge in [-0.15, -0.1) is 6.58 Å². The van der Waals surface area contributed by atoms with Gasteiger partial charge < -0.3 is 14.9 Å². The average Bonchev–Trinajstić information content (AvgIpc) is 2.67. The van der Waals surface area contributed by atoms with Gasteiger partial charge in [-0.1, -0.05) is 54.6 Å². The van der Waals surface area contributed by atoms with E-state index in [1.807, 2.05) is 60.7 Å². The molecule has 1 heterocycles. The van der Waals surface area contributed by atoms with Crippen LogP contribution in [-0.4, -0.2) is 10.2 Å². The fraction of sp³-hybridized carbons (Fsp3) is 0.0435. The predicted octanol–water partition coefficient (Wildman–Crippen LogP) is 5.83. The van der Waals surface area contributed by atoms with Gasteiger partial charge in [0.1, 0.15) is 23.0 Å². The Kier molecular flexibility index (Phi) is 3.01. The largest absolute Gasteiger partial charge is 0.507 e. The first-order chi connectivity index (χ1) is 12.7. The van der Waals surface area contributed by atoms with Crippen LogP contribution in [0, 0.1) is 0 Å². The van der Waals surface area contributed by atoms with Gasteiger partial charge >= 0.3 is 0 Å². The van der Waals surface area contributed by atoms with E-state index in [0.717, 1.165) is 21.5 Å². The molecule has 126 valence electrons. The molecule has 26 heavy (non-hydrogen) atoms. The SMILES string of the molecule is C=CC1c2c(cc3ccccc3c2O)Oc2cc3ccccc3c(O)c21. The highest BCUT2D eigenvalue weighted by molar-refractivity contribution is 5.95. The van der Waals surface area contributed by atoms with Crippen molar-refractivity contribution in [3.8, 4) is 23.0 Å². The predicted molar refractivity (Wildman–Crippen MR) is 103 cm³/mol. The van der Waals surface area contributed by atoms with Crippen LogP contribution in [0.2, 0.25) is 0 Å². The van der Waals surface area contributed by atoms with E-state index in [2.05, 4.69) is 6.58 Å². The molecule has 0 spiro atoms. The molecule has 4 aromatic carbocycles. The van der Waals surface area contributed by atoms with Crippen molar-refractivity contribution in [2.45, 2.75) is 5.92 Å². The maximum Gasteiger partial charge on any atom is 0.135 e. The Morgan fingerprint density at radius 2 is 1.23 bits per heavy atom. The number of hydrogen-bond acceptors (Lipinski definition) is 3. The molecule has 0 aromatic heterocycles. The standard InChI is InChI=1S/C23H16O3/c1-2-15-20-18(11-13-7-3-5-9-16(13)22(20)24)26-19-12-14-8-4-6-10-17(14)23(25)21(15)19/h2-12,15,24-25H,1H2. The van der Waals surface area contributed by atoms with Crippen molar-refractivity contribution in [2.24, 2.45) is 0 Å². The third-order valence-electron chi connectivity index (χ3n) is 5.12. The van der Waals surface area contributed by atoms with Gasteiger partial charge in [-0.05, 0) is 22.9 Å². The fourth-order valence-electron chi connectivity index (χ4n) is 3.91. The lowest BCUT2D eigenvalue weighted by molar-refractivity contribution is 0.416. The summed E-state index contributed by atoms with van der Waals surface area (Å²) in [5.74, 6) is 1.16. The molecular weight excluding hydrogens is 324 g/mol. The first kappa shape index (κ1) is 14.8. The van der Waals surface area contributed by atoms with Gasteiger partial charge in [0, 0.05) is 27.8 Å². The van der Waals surface area contributed by atoms with Gasteiger partial charge in [-0.3, -0.25) is 0 Å². The zero-order chi connectivity index (χ0) is 17.8. The summed E-state index contributed by atoms with van der Waals surface area (Å²) in [5.41, 5.74) is 1.27. The van der Waals surface area contributed by atoms with Crippen LogP contribution in [0.4, 0.5) is 0 Å². The second kappa shape index (κ2) is 5.27. The van der Waals surface area contributed by atoms with Gasteiger partial charge in [-0.25, -0.2) is 0 Å². The molecule has 1 aliphatic rings. The van der Waals surface area contributed by atoms with Crippen molar-refractivity contribution in [3.05, 3.63) is 84.4 Å². The number of benzene rings is 4. The van der Waals surface area contributed by atoms with E-state index < -0.39 is 0 Å². The number of rotatable bonds is 1. The number of allylic oxidation sites excluding steroid dienone is 1. The van der Waals surface area contributed by atoms with Crippen LogP contribution < -0.4 is 4.74 Å². The van der Waals surface area contributed by atoms with Gasteiger partial charge in [0.25, 0.3) is 0 Å². The van der Waals surface area contributed by atoms with Crippen LogP contribution in [0.15, 0.2) is 73.3 Å². The quantitative estimate of drug-likeness (QED) is 0.429. The normalized spacial score (nSPS) is 13.2. The molecule has 0 bridgehead atoms. The van der Waals surface area contributed by atoms with Gasteiger partial charge in [0.2, 0.25) is 0 Å². The molecule has 0 aliphatic carbocycles. The summed E-state index contributed by atoms with van der Waals surface area (Å²) in [6.45, 7) is 3.95. The Morgan fingerprint density at radius 3 is 1.69 bits per heavy atom. The molecule has 3 nitrogen and oxygen atoms in total. The molecular formula is C23H16O3. The highest BCUT2D eigenvalue weighted by Crippen LogP contribution is 2.54. The van der Waals surface area contributed by atoms with E-state index in [0.29, 0.717) is 22.6 Å². The van der Waals surface area contributed by atoms with Gasteiger partial charge in [0.05, 0.1) is 0 Å². The maximum absolute atomic E-state index is 10.9. The average molecular weight is 340 g/mol. The molecule has 0 amide bonds. The molecule has 0 atom stereocenters. The van der Waals surface area contributed by atoms with E-state index in [9.17, 15) is 10.2 Å². The summed E-state index contributed by atoms with van der Waals surface area (Å²) in [4.78, 5) is 0. The van der Waals surface area contributed by atoms with Crippen LogP contribution in [-0.2, 0) is 0 Å². The van der Waals surface area contributed by atoms with Gasteiger partial charge in [0.15, 0.2) is 0 Å². The van der Waals surface area contributed by atoms with E-state index in [1.54, 1.807) is 6.08 Å². The third kappa shape index (κ3) is 1.88. The van der Waals surface area contributed by atoms with Crippen molar-refractivity contribution in [2.75, 3.05) is 0 Å². The monoisotopic (exact) mass is 340 g/mol. The maximum atomic E-state index is 10.9. The molecule has 0 saturated heterocycles. The molecule has 0 radical (unpaired) electrons. The van der Waals surface area contributed by atoms with Crippen LogP contribution in [0.5, 0.6) is 23.0 Å². The van der Waals surface area contributed by atoms with Crippen LogP contribution in [0.3, 0.4) is 0 Å². The summed E-state index contributed by atoms with van der Waals surface area (Å²) < 4.78 is 6.12. The number of phenolic OH excluding ortho intramolecular Hbond substituents is 2. The number of ether oxygens (including phenoxy) is 1. The summed E-state index contributed by atoms with van der Waals surface area (Å²) in [6.07, 6.45) is 1.74. The highest BCUT2D eigenvalue weighted by Gasteiger charge is 2.32. The molecule has 0 fully saturated rings. The number of aromatic hydroxyl groups is 2. The van der Waals surface area contributed by atoms with Gasteiger partial charge in [-0.2, -0.15) is 0 Å². The Bertz CT molecular complexity index is 1120. The van der Waals surface area contributed by atoms with Crippen LogP contribution in [0.25, 0.3) is 21.5 Å². The lowest BCUT2D eigenvalue weighted by Gasteiger charge is -2.29. The van der Waals surface area contributed by atoms with E-state index in [4.69, 9.17) is 4.74 Å². The first-order valence-corrected chi connectivity index (χ1v) is 8.48. The van der Waals surface area contributed by atoms with Crippen molar-refractivity contribution >= 4 is 21.5 Å². The summed E-state index contributed by atoms with van der Waals surface area (Å²) in [7, 11) is 0. The zero-order valence-electron chi connectivity index (χ0n) is 13.9. The van der Waals surface area contributed by atoms with E-state index in [-0.39, 0.29) is 17.4 Å². The lowest BCUT2D eigenvalue weighted by Crippen LogP contribution is -2.09. The molecule has 1 aliphatic heterocycles.